The van der Waals surface area contributed by atoms with E-state index in [0.29, 0.717) is 0 Å². The van der Waals surface area contributed by atoms with Crippen molar-refractivity contribution in [3.05, 3.63) is 23.3 Å². The smallest absolute Gasteiger partial charge is 0.00426 e. The van der Waals surface area contributed by atoms with Gasteiger partial charge in [-0.05, 0) is 41.9 Å². The van der Waals surface area contributed by atoms with E-state index in [1.165, 1.54) is 6.42 Å². The van der Waals surface area contributed by atoms with Crippen LogP contribution in [-0.4, -0.2) is 6.54 Å². The largest absolute Gasteiger partial charge is 0.330 e. The topological polar surface area (TPSA) is 26.0 Å². The van der Waals surface area contributed by atoms with Crippen molar-refractivity contribution in [2.24, 2.45) is 23.5 Å². The summed E-state index contributed by atoms with van der Waals surface area (Å²) >= 11 is 0. The zero-order valence-electron chi connectivity index (χ0n) is 5.88. The summed E-state index contributed by atoms with van der Waals surface area (Å²) < 4.78 is 0. The van der Waals surface area contributed by atoms with E-state index in [1.807, 2.05) is 0 Å². The molecule has 0 radical (unpaired) electrons. The Morgan fingerprint density at radius 1 is 1.40 bits per heavy atom. The van der Waals surface area contributed by atoms with Gasteiger partial charge in [0.25, 0.3) is 0 Å². The second kappa shape index (κ2) is 1.37. The molecule has 0 saturated heterocycles. The van der Waals surface area contributed by atoms with E-state index in [4.69, 9.17) is 5.73 Å². The molecule has 3 aliphatic rings. The Bertz CT molecular complexity index is 249. The molecule has 0 amide bonds. The molecular weight excluding hydrogens is 122 g/mol. The summed E-state index contributed by atoms with van der Waals surface area (Å²) in [6.07, 6.45) is 5.89. The first kappa shape index (κ1) is 5.14. The number of nitrogens with two attached hydrogens (primary N) is 1. The van der Waals surface area contributed by atoms with Gasteiger partial charge in [0.1, 0.15) is 0 Å². The second-order valence-electron chi connectivity index (χ2n) is 3.61. The molecule has 0 aromatic carbocycles. The van der Waals surface area contributed by atoms with E-state index >= 15 is 0 Å². The van der Waals surface area contributed by atoms with Gasteiger partial charge in [0, 0.05) is 0 Å². The number of hydrogen-bond donors (Lipinski definition) is 1. The predicted octanol–water partition coefficient (Wildman–Crippen LogP) is 1.08. The molecule has 3 aliphatic carbocycles. The van der Waals surface area contributed by atoms with E-state index in [9.17, 15) is 0 Å². The summed E-state index contributed by atoms with van der Waals surface area (Å²) in [7, 11) is 0. The van der Waals surface area contributed by atoms with Gasteiger partial charge in [-0.15, -0.1) is 0 Å². The van der Waals surface area contributed by atoms with Crippen LogP contribution in [0.15, 0.2) is 23.3 Å². The van der Waals surface area contributed by atoms with Gasteiger partial charge >= 0.3 is 0 Å². The average molecular weight is 133 g/mol. The molecule has 10 heavy (non-hydrogen) atoms. The number of fused-ring (bicyclic) bond motifs is 4. The first-order valence-corrected chi connectivity index (χ1v) is 4.04. The van der Waals surface area contributed by atoms with Crippen LogP contribution in [0.4, 0.5) is 0 Å². The van der Waals surface area contributed by atoms with Crippen LogP contribution in [0.2, 0.25) is 0 Å². The first-order chi connectivity index (χ1) is 4.92. The average Bonchev–Trinajstić information content (AvgIpc) is 1.89. The monoisotopic (exact) mass is 133 g/mol. The summed E-state index contributed by atoms with van der Waals surface area (Å²) in [6, 6.07) is 0. The highest BCUT2D eigenvalue weighted by atomic mass is 14.7. The molecule has 0 aromatic heterocycles. The Balaban J connectivity index is 1.85. The minimum Gasteiger partial charge on any atom is -0.330 e. The number of hydrogen-bond acceptors (Lipinski definition) is 1. The van der Waals surface area contributed by atoms with Crippen LogP contribution >= 0.6 is 0 Å². The molecule has 2 saturated carbocycles. The Hall–Kier alpha value is -0.560. The standard InChI is InChI=1S/C9H11N/c10-4-5-3-8-6-1-2-7(6)9(5)8/h1-2,5,8-9H,3-4,10H2. The molecule has 3 atom stereocenters. The lowest BCUT2D eigenvalue weighted by Crippen LogP contribution is -2.52. The van der Waals surface area contributed by atoms with Crippen molar-refractivity contribution in [2.45, 2.75) is 6.42 Å². The van der Waals surface area contributed by atoms with Crippen molar-refractivity contribution in [1.29, 1.82) is 0 Å². The normalized spacial score (nSPS) is 46.7. The summed E-state index contributed by atoms with van der Waals surface area (Å²) in [5.74, 6) is 2.66. The van der Waals surface area contributed by atoms with Gasteiger partial charge in [-0.1, -0.05) is 12.2 Å². The van der Waals surface area contributed by atoms with Crippen LogP contribution in [0, 0.1) is 17.8 Å². The number of rotatable bonds is 1. The second-order valence-corrected chi connectivity index (χ2v) is 3.61. The van der Waals surface area contributed by atoms with E-state index in [1.54, 1.807) is 11.1 Å². The molecule has 2 fully saturated rings. The molecular formula is C9H11N. The van der Waals surface area contributed by atoms with Crippen LogP contribution in [0.5, 0.6) is 0 Å². The summed E-state index contributed by atoms with van der Waals surface area (Å²) in [4.78, 5) is 0. The zero-order valence-corrected chi connectivity index (χ0v) is 5.88. The molecule has 1 heteroatoms. The first-order valence-electron chi connectivity index (χ1n) is 4.04. The molecule has 3 unspecified atom stereocenters. The molecule has 0 spiro atoms. The van der Waals surface area contributed by atoms with Gasteiger partial charge in [-0.25, -0.2) is 0 Å². The van der Waals surface area contributed by atoms with Crippen LogP contribution in [-0.2, 0) is 0 Å². The van der Waals surface area contributed by atoms with E-state index in [-0.39, 0.29) is 0 Å². The molecule has 3 rings (SSSR count). The fraction of sp³-hybridized carbons (Fsp3) is 0.556. The zero-order chi connectivity index (χ0) is 6.72. The quantitative estimate of drug-likeness (QED) is 0.569. The Kier molecular flexibility index (Phi) is 0.706. The molecule has 2 N–H and O–H groups in total. The highest BCUT2D eigenvalue weighted by Gasteiger charge is 2.54. The maximum Gasteiger partial charge on any atom is -0.00426 e. The minimum atomic E-state index is 0.827. The Labute approximate surface area is 60.6 Å². The van der Waals surface area contributed by atoms with Crippen molar-refractivity contribution in [3.63, 3.8) is 0 Å². The highest BCUT2D eigenvalue weighted by Crippen LogP contribution is 2.63. The third kappa shape index (κ3) is 0.333. The molecule has 0 bridgehead atoms. The predicted molar refractivity (Wildman–Crippen MR) is 40.3 cm³/mol. The van der Waals surface area contributed by atoms with Crippen LogP contribution in [0.1, 0.15) is 6.42 Å². The Morgan fingerprint density at radius 2 is 2.20 bits per heavy atom. The summed E-state index contributed by atoms with van der Waals surface area (Å²) in [6.45, 7) is 0.895. The maximum atomic E-state index is 5.61. The van der Waals surface area contributed by atoms with Gasteiger partial charge in [0.2, 0.25) is 0 Å². The van der Waals surface area contributed by atoms with E-state index < -0.39 is 0 Å². The third-order valence-corrected chi connectivity index (χ3v) is 3.34. The fourth-order valence-corrected chi connectivity index (χ4v) is 2.61. The van der Waals surface area contributed by atoms with Gasteiger partial charge in [-0.3, -0.25) is 0 Å². The van der Waals surface area contributed by atoms with Crippen LogP contribution in [0.3, 0.4) is 0 Å². The van der Waals surface area contributed by atoms with Crippen LogP contribution in [0.25, 0.3) is 0 Å². The molecule has 1 nitrogen and oxygen atoms in total. The summed E-state index contributed by atoms with van der Waals surface area (Å²) in [5, 5.41) is 0. The Morgan fingerprint density at radius 3 is 2.70 bits per heavy atom. The third-order valence-electron chi connectivity index (χ3n) is 3.34. The minimum absolute atomic E-state index is 0.827. The number of allylic oxidation sites excluding steroid dienone is 4. The maximum absolute atomic E-state index is 5.61. The van der Waals surface area contributed by atoms with Crippen LogP contribution < -0.4 is 5.73 Å². The van der Waals surface area contributed by atoms with Gasteiger partial charge < -0.3 is 5.73 Å². The van der Waals surface area contributed by atoms with Gasteiger partial charge in [0.05, 0.1) is 0 Å². The lowest BCUT2D eigenvalue weighted by atomic mass is 9.45. The van der Waals surface area contributed by atoms with Gasteiger partial charge in [-0.2, -0.15) is 0 Å². The highest BCUT2D eigenvalue weighted by molar-refractivity contribution is 5.59. The molecule has 0 aromatic rings. The lowest BCUT2D eigenvalue weighted by molar-refractivity contribution is 0.0935. The lowest BCUT2D eigenvalue weighted by Gasteiger charge is -2.59. The molecule has 52 valence electrons. The van der Waals surface area contributed by atoms with Crippen molar-refractivity contribution in [1.82, 2.24) is 0 Å². The SMILES string of the molecule is NCC1CC2C3=CC=C3C12. The fourth-order valence-electron chi connectivity index (χ4n) is 2.61. The van der Waals surface area contributed by atoms with E-state index in [0.717, 1.165) is 24.3 Å². The van der Waals surface area contributed by atoms with Crippen molar-refractivity contribution < 1.29 is 0 Å². The molecule has 0 aliphatic heterocycles. The van der Waals surface area contributed by atoms with Gasteiger partial charge in [0.15, 0.2) is 0 Å². The van der Waals surface area contributed by atoms with Crippen molar-refractivity contribution >= 4 is 0 Å². The van der Waals surface area contributed by atoms with E-state index in [2.05, 4.69) is 12.2 Å². The molecule has 0 heterocycles. The van der Waals surface area contributed by atoms with Crippen molar-refractivity contribution in [2.75, 3.05) is 6.54 Å². The summed E-state index contributed by atoms with van der Waals surface area (Å²) in [5.41, 5.74) is 8.88. The van der Waals surface area contributed by atoms with Crippen molar-refractivity contribution in [3.8, 4) is 0 Å².